The van der Waals surface area contributed by atoms with Gasteiger partial charge >= 0.3 is 12.2 Å². The van der Waals surface area contributed by atoms with Gasteiger partial charge in [-0.1, -0.05) is 0 Å². The molecule has 0 unspecified atom stereocenters. The lowest BCUT2D eigenvalue weighted by Gasteiger charge is -2.30. The molecule has 1 aromatic rings. The third-order valence-corrected chi connectivity index (χ3v) is 4.61. The SMILES string of the molecule is O=C(NC[C@H](O)c1ccsc1)NC1CCC(C(F)(F)F)CC1. The van der Waals surface area contributed by atoms with E-state index in [-0.39, 0.29) is 25.4 Å². The van der Waals surface area contributed by atoms with Crippen LogP contribution in [0.2, 0.25) is 0 Å². The number of hydrogen-bond donors (Lipinski definition) is 3. The van der Waals surface area contributed by atoms with E-state index < -0.39 is 24.2 Å². The van der Waals surface area contributed by atoms with E-state index in [4.69, 9.17) is 0 Å². The fourth-order valence-electron chi connectivity index (χ4n) is 2.57. The Labute approximate surface area is 130 Å². The molecule has 1 heterocycles. The summed E-state index contributed by atoms with van der Waals surface area (Å²) in [6.45, 7) is 0.0699. The van der Waals surface area contributed by atoms with Crippen molar-refractivity contribution < 1.29 is 23.1 Å². The van der Waals surface area contributed by atoms with Gasteiger partial charge in [0, 0.05) is 12.6 Å². The van der Waals surface area contributed by atoms with Gasteiger partial charge in [-0.05, 0) is 48.1 Å². The normalized spacial score (nSPS) is 23.8. The number of carbonyl (C=O) groups is 1. The highest BCUT2D eigenvalue weighted by Gasteiger charge is 2.41. The van der Waals surface area contributed by atoms with Crippen molar-refractivity contribution in [1.29, 1.82) is 0 Å². The number of aliphatic hydroxyl groups excluding tert-OH is 1. The average molecular weight is 336 g/mol. The van der Waals surface area contributed by atoms with Crippen LogP contribution in [-0.2, 0) is 0 Å². The van der Waals surface area contributed by atoms with Crippen LogP contribution >= 0.6 is 11.3 Å². The molecule has 0 bridgehead atoms. The quantitative estimate of drug-likeness (QED) is 0.791. The summed E-state index contributed by atoms with van der Waals surface area (Å²) in [6, 6.07) is 1.08. The molecule has 1 atom stereocenters. The molecular weight excluding hydrogens is 317 g/mol. The Bertz CT molecular complexity index is 471. The number of hydrogen-bond acceptors (Lipinski definition) is 3. The van der Waals surface area contributed by atoms with E-state index in [2.05, 4.69) is 10.6 Å². The largest absolute Gasteiger partial charge is 0.391 e. The first-order chi connectivity index (χ1) is 10.4. The molecule has 2 rings (SSSR count). The summed E-state index contributed by atoms with van der Waals surface area (Å²) >= 11 is 1.45. The van der Waals surface area contributed by atoms with Crippen molar-refractivity contribution in [3.8, 4) is 0 Å². The number of amides is 2. The maximum Gasteiger partial charge on any atom is 0.391 e. The molecule has 1 aromatic heterocycles. The standard InChI is InChI=1S/C14H19F3N2O2S/c15-14(16,17)10-1-3-11(4-2-10)19-13(21)18-7-12(20)9-5-6-22-8-9/h5-6,8,10-12,20H,1-4,7H2,(H2,18,19,21)/t10?,11?,12-/m0/s1. The lowest BCUT2D eigenvalue weighted by Crippen LogP contribution is -2.45. The fourth-order valence-corrected chi connectivity index (χ4v) is 3.28. The first-order valence-corrected chi connectivity index (χ1v) is 8.11. The second-order valence-corrected chi connectivity index (χ2v) is 6.30. The Morgan fingerprint density at radius 1 is 1.36 bits per heavy atom. The number of rotatable bonds is 4. The van der Waals surface area contributed by atoms with Gasteiger partial charge in [0.1, 0.15) is 0 Å². The first-order valence-electron chi connectivity index (χ1n) is 7.17. The van der Waals surface area contributed by atoms with Crippen LogP contribution in [0.1, 0.15) is 37.4 Å². The topological polar surface area (TPSA) is 61.4 Å². The van der Waals surface area contributed by atoms with E-state index in [1.165, 1.54) is 11.3 Å². The molecule has 1 aliphatic rings. The maximum atomic E-state index is 12.5. The molecule has 3 N–H and O–H groups in total. The van der Waals surface area contributed by atoms with Gasteiger partial charge in [0.05, 0.1) is 12.0 Å². The average Bonchev–Trinajstić information content (AvgIpc) is 2.98. The zero-order valence-corrected chi connectivity index (χ0v) is 12.7. The number of nitrogens with one attached hydrogen (secondary N) is 2. The van der Waals surface area contributed by atoms with Gasteiger partial charge in [0.25, 0.3) is 0 Å². The van der Waals surface area contributed by atoms with Gasteiger partial charge in [0.15, 0.2) is 0 Å². The maximum absolute atomic E-state index is 12.5. The van der Waals surface area contributed by atoms with Crippen molar-refractivity contribution in [2.75, 3.05) is 6.54 Å². The zero-order chi connectivity index (χ0) is 16.2. The molecule has 124 valence electrons. The summed E-state index contributed by atoms with van der Waals surface area (Å²) in [5, 5.41) is 18.7. The van der Waals surface area contributed by atoms with Crippen LogP contribution in [0.4, 0.5) is 18.0 Å². The van der Waals surface area contributed by atoms with Crippen molar-refractivity contribution in [3.05, 3.63) is 22.4 Å². The smallest absolute Gasteiger partial charge is 0.387 e. The van der Waals surface area contributed by atoms with Gasteiger partial charge in [-0.25, -0.2) is 4.79 Å². The second kappa shape index (κ2) is 7.32. The highest BCUT2D eigenvalue weighted by molar-refractivity contribution is 7.07. The number of aliphatic hydroxyl groups is 1. The third kappa shape index (κ3) is 4.88. The second-order valence-electron chi connectivity index (χ2n) is 5.52. The van der Waals surface area contributed by atoms with E-state index >= 15 is 0 Å². The Morgan fingerprint density at radius 2 is 2.05 bits per heavy atom. The minimum atomic E-state index is -4.14. The Balaban J connectivity index is 1.68. The molecule has 0 radical (unpaired) electrons. The van der Waals surface area contributed by atoms with Crippen LogP contribution in [0.25, 0.3) is 0 Å². The minimum Gasteiger partial charge on any atom is -0.387 e. The molecule has 0 saturated heterocycles. The summed E-state index contributed by atoms with van der Waals surface area (Å²) < 4.78 is 37.6. The van der Waals surface area contributed by atoms with Crippen LogP contribution in [0.3, 0.4) is 0 Å². The monoisotopic (exact) mass is 336 g/mol. The zero-order valence-electron chi connectivity index (χ0n) is 11.9. The van der Waals surface area contributed by atoms with Crippen LogP contribution in [-0.4, -0.2) is 29.9 Å². The van der Waals surface area contributed by atoms with Crippen molar-refractivity contribution in [1.82, 2.24) is 10.6 Å². The molecule has 1 fully saturated rings. The third-order valence-electron chi connectivity index (χ3n) is 3.91. The predicted molar refractivity (Wildman–Crippen MR) is 77.6 cm³/mol. The molecule has 1 saturated carbocycles. The number of thiophene rings is 1. The summed E-state index contributed by atoms with van der Waals surface area (Å²) in [7, 11) is 0. The summed E-state index contributed by atoms with van der Waals surface area (Å²) in [5.74, 6) is -1.26. The molecule has 0 spiro atoms. The molecule has 4 nitrogen and oxygen atoms in total. The van der Waals surface area contributed by atoms with E-state index in [1.54, 1.807) is 11.4 Å². The Hall–Kier alpha value is -1.28. The van der Waals surface area contributed by atoms with E-state index in [0.717, 1.165) is 5.56 Å². The van der Waals surface area contributed by atoms with Crippen molar-refractivity contribution in [2.24, 2.45) is 5.92 Å². The van der Waals surface area contributed by atoms with Gasteiger partial charge in [-0.3, -0.25) is 0 Å². The van der Waals surface area contributed by atoms with Crippen molar-refractivity contribution in [2.45, 2.75) is 44.0 Å². The number of carbonyl (C=O) groups excluding carboxylic acids is 1. The highest BCUT2D eigenvalue weighted by Crippen LogP contribution is 2.37. The van der Waals surface area contributed by atoms with Crippen LogP contribution in [0.5, 0.6) is 0 Å². The van der Waals surface area contributed by atoms with Crippen molar-refractivity contribution in [3.63, 3.8) is 0 Å². The fraction of sp³-hybridized carbons (Fsp3) is 0.643. The lowest BCUT2D eigenvalue weighted by atomic mass is 9.86. The van der Waals surface area contributed by atoms with E-state index in [0.29, 0.717) is 12.8 Å². The predicted octanol–water partition coefficient (Wildman–Crippen LogP) is 3.20. The van der Waals surface area contributed by atoms with Crippen LogP contribution < -0.4 is 10.6 Å². The molecule has 0 aliphatic heterocycles. The summed E-state index contributed by atoms with van der Waals surface area (Å²) in [6.07, 6.45) is -4.18. The highest BCUT2D eigenvalue weighted by atomic mass is 32.1. The van der Waals surface area contributed by atoms with E-state index in [1.807, 2.05) is 5.38 Å². The summed E-state index contributed by atoms with van der Waals surface area (Å²) in [4.78, 5) is 11.7. The molecule has 1 aliphatic carbocycles. The Morgan fingerprint density at radius 3 is 2.59 bits per heavy atom. The van der Waals surface area contributed by atoms with Crippen LogP contribution in [0.15, 0.2) is 16.8 Å². The first kappa shape index (κ1) is 17.1. The Kier molecular flexibility index (Phi) is 5.69. The van der Waals surface area contributed by atoms with Crippen molar-refractivity contribution >= 4 is 17.4 Å². The molecule has 0 aromatic carbocycles. The number of halogens is 3. The minimum absolute atomic E-state index is 0.0476. The molecule has 8 heteroatoms. The van der Waals surface area contributed by atoms with Crippen LogP contribution in [0, 0.1) is 5.92 Å². The van der Waals surface area contributed by atoms with Gasteiger partial charge in [-0.2, -0.15) is 24.5 Å². The van der Waals surface area contributed by atoms with Gasteiger partial charge in [-0.15, -0.1) is 0 Å². The number of alkyl halides is 3. The van der Waals surface area contributed by atoms with E-state index in [9.17, 15) is 23.1 Å². The number of urea groups is 1. The van der Waals surface area contributed by atoms with Gasteiger partial charge < -0.3 is 15.7 Å². The lowest BCUT2D eigenvalue weighted by molar-refractivity contribution is -0.182. The molecular formula is C14H19F3N2O2S. The molecule has 2 amide bonds. The van der Waals surface area contributed by atoms with Gasteiger partial charge in [0.2, 0.25) is 0 Å². The molecule has 22 heavy (non-hydrogen) atoms. The summed E-state index contributed by atoms with van der Waals surface area (Å²) in [5.41, 5.74) is 0.732.